The Morgan fingerprint density at radius 3 is 2.84 bits per heavy atom. The lowest BCUT2D eigenvalue weighted by molar-refractivity contribution is -0.131. The molecule has 1 aromatic heterocycles. The van der Waals surface area contributed by atoms with Gasteiger partial charge in [0.1, 0.15) is 5.75 Å². The first-order chi connectivity index (χ1) is 9.02. The molecule has 0 fully saturated rings. The van der Waals surface area contributed by atoms with Crippen molar-refractivity contribution in [1.29, 1.82) is 0 Å². The number of halogens is 1. The fourth-order valence-electron chi connectivity index (χ4n) is 1.91. The van der Waals surface area contributed by atoms with Crippen molar-refractivity contribution < 1.29 is 14.6 Å². The molecule has 0 aliphatic rings. The normalized spacial score (nSPS) is 11.1. The molecule has 0 amide bonds. The van der Waals surface area contributed by atoms with Gasteiger partial charge in [-0.2, -0.15) is 0 Å². The van der Waals surface area contributed by atoms with Crippen molar-refractivity contribution in [2.75, 3.05) is 7.11 Å². The zero-order chi connectivity index (χ0) is 14.0. The van der Waals surface area contributed by atoms with E-state index in [4.69, 9.17) is 21.4 Å². The number of hydrogen-bond donors (Lipinski definition) is 1. The third-order valence-corrected chi connectivity index (χ3v) is 2.97. The van der Waals surface area contributed by atoms with Gasteiger partial charge < -0.3 is 9.84 Å². The maximum atomic E-state index is 10.7. The molecule has 1 N–H and O–H groups in total. The second-order valence-electron chi connectivity index (χ2n) is 3.99. The molecule has 0 saturated heterocycles. The monoisotopic (exact) mass is 277 g/mol. The van der Waals surface area contributed by atoms with Crippen molar-refractivity contribution in [2.24, 2.45) is 0 Å². The van der Waals surface area contributed by atoms with Gasteiger partial charge in [-0.3, -0.25) is 4.98 Å². The van der Waals surface area contributed by atoms with Gasteiger partial charge >= 0.3 is 5.97 Å². The van der Waals surface area contributed by atoms with Gasteiger partial charge in [-0.05, 0) is 31.2 Å². The summed E-state index contributed by atoms with van der Waals surface area (Å²) in [4.78, 5) is 15.0. The third kappa shape index (κ3) is 2.69. The van der Waals surface area contributed by atoms with Crippen LogP contribution in [0.2, 0.25) is 5.02 Å². The number of pyridine rings is 1. The Bertz CT molecular complexity index is 680. The highest BCUT2D eigenvalue weighted by molar-refractivity contribution is 6.36. The van der Waals surface area contributed by atoms with Crippen molar-refractivity contribution in [2.45, 2.75) is 6.92 Å². The Morgan fingerprint density at radius 2 is 2.21 bits per heavy atom. The zero-order valence-corrected chi connectivity index (χ0v) is 11.2. The molecule has 0 spiro atoms. The minimum Gasteiger partial charge on any atom is -0.496 e. The van der Waals surface area contributed by atoms with Crippen LogP contribution in [0.25, 0.3) is 17.0 Å². The van der Waals surface area contributed by atoms with Crippen LogP contribution in [0.3, 0.4) is 0 Å². The third-order valence-electron chi connectivity index (χ3n) is 2.67. The van der Waals surface area contributed by atoms with E-state index in [9.17, 15) is 4.79 Å². The average Bonchev–Trinajstić information content (AvgIpc) is 2.35. The Hall–Kier alpha value is -2.07. The number of benzene rings is 1. The summed E-state index contributed by atoms with van der Waals surface area (Å²) in [6.07, 6.45) is 2.51. The van der Waals surface area contributed by atoms with E-state index in [1.165, 1.54) is 13.2 Å². The quantitative estimate of drug-likeness (QED) is 0.875. The minimum absolute atomic E-state index is 0.520. The van der Waals surface area contributed by atoms with Crippen LogP contribution in [0.15, 0.2) is 24.3 Å². The largest absolute Gasteiger partial charge is 0.496 e. The molecule has 0 aliphatic carbocycles. The molecule has 0 aliphatic heterocycles. The van der Waals surface area contributed by atoms with Crippen LogP contribution in [-0.4, -0.2) is 23.2 Å². The minimum atomic E-state index is -1.03. The number of carboxylic acid groups (broad SMARTS) is 1. The summed E-state index contributed by atoms with van der Waals surface area (Å²) >= 11 is 6.23. The second-order valence-corrected chi connectivity index (χ2v) is 4.40. The topological polar surface area (TPSA) is 59.4 Å². The number of aliphatic carboxylic acids is 1. The maximum Gasteiger partial charge on any atom is 0.328 e. The van der Waals surface area contributed by atoms with E-state index >= 15 is 0 Å². The fourth-order valence-corrected chi connectivity index (χ4v) is 2.27. The number of carboxylic acids is 1. The summed E-state index contributed by atoms with van der Waals surface area (Å²) in [5, 5.41) is 9.95. The molecule has 1 heterocycles. The van der Waals surface area contributed by atoms with Gasteiger partial charge in [0.15, 0.2) is 0 Å². The Kier molecular flexibility index (Phi) is 3.71. The van der Waals surface area contributed by atoms with E-state index < -0.39 is 5.97 Å². The van der Waals surface area contributed by atoms with Gasteiger partial charge in [0, 0.05) is 22.7 Å². The van der Waals surface area contributed by atoms with E-state index in [2.05, 4.69) is 4.98 Å². The summed E-state index contributed by atoms with van der Waals surface area (Å²) in [7, 11) is 1.52. The van der Waals surface area contributed by atoms with Crippen LogP contribution < -0.4 is 4.74 Å². The smallest absolute Gasteiger partial charge is 0.328 e. The highest BCUT2D eigenvalue weighted by Crippen LogP contribution is 2.33. The SMILES string of the molecule is COc1ccc2nc(C)cc(Cl)c2c1/C=C/C(=O)O. The van der Waals surface area contributed by atoms with Crippen molar-refractivity contribution in [3.8, 4) is 5.75 Å². The molecule has 0 unspecified atom stereocenters. The number of aryl methyl sites for hydroxylation is 1. The molecule has 98 valence electrons. The van der Waals surface area contributed by atoms with Crippen LogP contribution in [-0.2, 0) is 4.79 Å². The predicted octanol–water partition coefficient (Wildman–Crippen LogP) is 3.30. The Labute approximate surface area is 115 Å². The average molecular weight is 278 g/mol. The van der Waals surface area contributed by atoms with Crippen LogP contribution in [0.5, 0.6) is 5.75 Å². The van der Waals surface area contributed by atoms with Crippen LogP contribution >= 0.6 is 11.6 Å². The molecule has 0 saturated carbocycles. The van der Waals surface area contributed by atoms with E-state index in [0.29, 0.717) is 27.2 Å². The van der Waals surface area contributed by atoms with Crippen LogP contribution in [0.4, 0.5) is 0 Å². The fraction of sp³-hybridized carbons (Fsp3) is 0.143. The van der Waals surface area contributed by atoms with Crippen molar-refractivity contribution in [3.05, 3.63) is 40.6 Å². The molecule has 5 heteroatoms. The number of fused-ring (bicyclic) bond motifs is 1. The molecule has 0 radical (unpaired) electrons. The lowest BCUT2D eigenvalue weighted by atomic mass is 10.1. The lowest BCUT2D eigenvalue weighted by Crippen LogP contribution is -1.93. The van der Waals surface area contributed by atoms with Gasteiger partial charge in [0.2, 0.25) is 0 Å². The van der Waals surface area contributed by atoms with Gasteiger partial charge in [-0.25, -0.2) is 4.79 Å². The number of methoxy groups -OCH3 is 1. The summed E-state index contributed by atoms with van der Waals surface area (Å²) in [5.41, 5.74) is 2.12. The van der Waals surface area contributed by atoms with E-state index in [1.807, 2.05) is 6.92 Å². The summed E-state index contributed by atoms with van der Waals surface area (Å²) < 4.78 is 5.24. The molecule has 2 rings (SSSR count). The Morgan fingerprint density at radius 1 is 1.47 bits per heavy atom. The number of nitrogens with zero attached hydrogens (tertiary/aromatic N) is 1. The molecule has 4 nitrogen and oxygen atoms in total. The van der Waals surface area contributed by atoms with Crippen LogP contribution in [0.1, 0.15) is 11.3 Å². The molecule has 0 bridgehead atoms. The molecular weight excluding hydrogens is 266 g/mol. The first kappa shape index (κ1) is 13.4. The van der Waals surface area contributed by atoms with E-state index in [1.54, 1.807) is 18.2 Å². The standard InChI is InChI=1S/C14H12ClNO3/c1-8-7-10(15)14-9(3-6-13(17)18)12(19-2)5-4-11(14)16-8/h3-7H,1-2H3,(H,17,18)/b6-3+. The second kappa shape index (κ2) is 5.28. The highest BCUT2D eigenvalue weighted by Gasteiger charge is 2.11. The molecule has 19 heavy (non-hydrogen) atoms. The maximum absolute atomic E-state index is 10.7. The lowest BCUT2D eigenvalue weighted by Gasteiger charge is -2.10. The van der Waals surface area contributed by atoms with Crippen molar-refractivity contribution in [1.82, 2.24) is 4.98 Å². The first-order valence-electron chi connectivity index (χ1n) is 5.58. The summed E-state index contributed by atoms with van der Waals surface area (Å²) in [5.74, 6) is -0.479. The Balaban J connectivity index is 2.79. The molecule has 2 aromatic rings. The number of rotatable bonds is 3. The number of hydrogen-bond acceptors (Lipinski definition) is 3. The number of ether oxygens (including phenoxy) is 1. The molecular formula is C14H12ClNO3. The van der Waals surface area contributed by atoms with E-state index in [-0.39, 0.29) is 0 Å². The molecule has 0 atom stereocenters. The zero-order valence-electron chi connectivity index (χ0n) is 10.5. The van der Waals surface area contributed by atoms with Crippen LogP contribution in [0, 0.1) is 6.92 Å². The predicted molar refractivity (Wildman–Crippen MR) is 74.7 cm³/mol. The first-order valence-corrected chi connectivity index (χ1v) is 5.95. The number of carbonyl (C=O) groups is 1. The number of aromatic nitrogens is 1. The summed E-state index contributed by atoms with van der Waals surface area (Å²) in [6.45, 7) is 1.85. The van der Waals surface area contributed by atoms with Gasteiger partial charge in [-0.1, -0.05) is 11.6 Å². The van der Waals surface area contributed by atoms with Gasteiger partial charge in [-0.15, -0.1) is 0 Å². The highest BCUT2D eigenvalue weighted by atomic mass is 35.5. The van der Waals surface area contributed by atoms with E-state index in [0.717, 1.165) is 11.8 Å². The summed E-state index contributed by atoms with van der Waals surface area (Å²) in [6, 6.07) is 5.28. The van der Waals surface area contributed by atoms with Gasteiger partial charge in [0.05, 0.1) is 17.6 Å². The van der Waals surface area contributed by atoms with Crippen molar-refractivity contribution in [3.63, 3.8) is 0 Å². The van der Waals surface area contributed by atoms with Gasteiger partial charge in [0.25, 0.3) is 0 Å². The molecule has 1 aromatic carbocycles. The van der Waals surface area contributed by atoms with Crippen molar-refractivity contribution >= 4 is 34.5 Å².